The number of hydrogen-bond donors (Lipinski definition) is 0. The lowest BCUT2D eigenvalue weighted by Crippen LogP contribution is -2.57. The van der Waals surface area contributed by atoms with E-state index in [0.29, 0.717) is 32.0 Å². The Bertz CT molecular complexity index is 626. The molecule has 2 heterocycles. The van der Waals surface area contributed by atoms with Crippen molar-refractivity contribution >= 4 is 11.9 Å². The first-order valence-electron chi connectivity index (χ1n) is 8.86. The predicted octanol–water partition coefficient (Wildman–Crippen LogP) is 1.95. The van der Waals surface area contributed by atoms with E-state index in [1.807, 2.05) is 30.3 Å². The van der Waals surface area contributed by atoms with Gasteiger partial charge in [-0.3, -0.25) is 14.6 Å². The number of benzene rings is 1. The molecule has 1 aromatic rings. The van der Waals surface area contributed by atoms with Gasteiger partial charge < -0.3 is 9.64 Å². The van der Waals surface area contributed by atoms with Crippen LogP contribution in [0.25, 0.3) is 0 Å². The number of likely N-dealkylation sites (tertiary alicyclic amines) is 1. The van der Waals surface area contributed by atoms with Gasteiger partial charge in [-0.15, -0.1) is 0 Å². The molecule has 1 spiro atoms. The summed E-state index contributed by atoms with van der Waals surface area (Å²) < 4.78 is 5.24. The van der Waals surface area contributed by atoms with Crippen LogP contribution in [0.15, 0.2) is 30.3 Å². The summed E-state index contributed by atoms with van der Waals surface area (Å²) in [5, 5.41) is 0. The van der Waals surface area contributed by atoms with E-state index >= 15 is 0 Å². The van der Waals surface area contributed by atoms with Gasteiger partial charge in [0, 0.05) is 33.3 Å². The summed E-state index contributed by atoms with van der Waals surface area (Å²) in [4.78, 5) is 31.2. The van der Waals surface area contributed by atoms with Crippen LogP contribution in [-0.2, 0) is 16.1 Å². The van der Waals surface area contributed by atoms with Crippen LogP contribution in [0.4, 0.5) is 4.79 Å². The molecule has 6 nitrogen and oxygen atoms in total. The van der Waals surface area contributed by atoms with Gasteiger partial charge in [-0.2, -0.15) is 0 Å². The maximum atomic E-state index is 13.1. The highest BCUT2D eigenvalue weighted by molar-refractivity contribution is 6.06. The maximum Gasteiger partial charge on any atom is 0.327 e. The molecule has 2 fully saturated rings. The molecule has 0 N–H and O–H groups in total. The average Bonchev–Trinajstić information content (AvgIpc) is 2.80. The number of carbonyl (C=O) groups excluding carboxylic acids is 2. The van der Waals surface area contributed by atoms with Crippen LogP contribution in [-0.4, -0.2) is 72.1 Å². The van der Waals surface area contributed by atoms with Gasteiger partial charge in [-0.05, 0) is 25.3 Å². The number of likely N-dealkylation sites (N-methyl/N-ethyl adjacent to an activating group) is 1. The van der Waals surface area contributed by atoms with E-state index in [1.165, 1.54) is 4.90 Å². The van der Waals surface area contributed by atoms with Crippen molar-refractivity contribution in [3.63, 3.8) is 0 Å². The number of imide groups is 1. The van der Waals surface area contributed by atoms with E-state index < -0.39 is 5.54 Å². The molecule has 0 aliphatic carbocycles. The highest BCUT2D eigenvalue weighted by Gasteiger charge is 2.56. The Balaban J connectivity index is 1.73. The van der Waals surface area contributed by atoms with Crippen molar-refractivity contribution in [2.24, 2.45) is 0 Å². The number of piperidine rings is 1. The molecule has 1 atom stereocenters. The van der Waals surface area contributed by atoms with Gasteiger partial charge in [0.25, 0.3) is 5.91 Å². The number of methoxy groups -OCH3 is 1. The van der Waals surface area contributed by atoms with E-state index in [4.69, 9.17) is 4.74 Å². The summed E-state index contributed by atoms with van der Waals surface area (Å²) in [6.07, 6.45) is 1.35. The molecular formula is C19H27N3O3. The van der Waals surface area contributed by atoms with E-state index in [9.17, 15) is 9.59 Å². The maximum absolute atomic E-state index is 13.1. The second-order valence-corrected chi connectivity index (χ2v) is 7.09. The second-order valence-electron chi connectivity index (χ2n) is 7.09. The van der Waals surface area contributed by atoms with Crippen molar-refractivity contribution in [3.8, 4) is 0 Å². The first-order valence-corrected chi connectivity index (χ1v) is 8.86. The lowest BCUT2D eigenvalue weighted by molar-refractivity contribution is -0.136. The van der Waals surface area contributed by atoms with Gasteiger partial charge in [-0.1, -0.05) is 30.3 Å². The van der Waals surface area contributed by atoms with E-state index in [1.54, 1.807) is 19.1 Å². The van der Waals surface area contributed by atoms with Crippen LogP contribution in [0, 0.1) is 0 Å². The molecule has 25 heavy (non-hydrogen) atoms. The molecule has 3 rings (SSSR count). The van der Waals surface area contributed by atoms with Crippen molar-refractivity contribution in [2.75, 3.05) is 33.9 Å². The first-order chi connectivity index (χ1) is 12.0. The van der Waals surface area contributed by atoms with E-state index in [-0.39, 0.29) is 11.9 Å². The smallest absolute Gasteiger partial charge is 0.327 e. The molecule has 136 valence electrons. The Morgan fingerprint density at radius 2 is 1.80 bits per heavy atom. The summed E-state index contributed by atoms with van der Waals surface area (Å²) in [6.45, 7) is 4.75. The minimum atomic E-state index is -0.685. The molecule has 2 aliphatic heterocycles. The highest BCUT2D eigenvalue weighted by Crippen LogP contribution is 2.37. The lowest BCUT2D eigenvalue weighted by Gasteiger charge is -2.42. The highest BCUT2D eigenvalue weighted by atomic mass is 16.5. The monoisotopic (exact) mass is 345 g/mol. The fourth-order valence-electron chi connectivity index (χ4n) is 3.98. The molecular weight excluding hydrogens is 318 g/mol. The minimum Gasteiger partial charge on any atom is -0.383 e. The van der Waals surface area contributed by atoms with Gasteiger partial charge in [0.1, 0.15) is 5.54 Å². The van der Waals surface area contributed by atoms with Crippen LogP contribution >= 0.6 is 0 Å². The summed E-state index contributed by atoms with van der Waals surface area (Å²) in [6, 6.07) is 9.81. The predicted molar refractivity (Wildman–Crippen MR) is 95.0 cm³/mol. The Labute approximate surface area is 149 Å². The summed E-state index contributed by atoms with van der Waals surface area (Å²) >= 11 is 0. The molecule has 2 aliphatic rings. The number of carbonyl (C=O) groups is 2. The molecule has 0 bridgehead atoms. The Morgan fingerprint density at radius 3 is 2.40 bits per heavy atom. The average molecular weight is 345 g/mol. The third-order valence-corrected chi connectivity index (χ3v) is 5.64. The summed E-state index contributed by atoms with van der Waals surface area (Å²) in [7, 11) is 3.47. The number of nitrogens with zero attached hydrogens (tertiary/aromatic N) is 3. The number of ether oxygens (including phenoxy) is 1. The lowest BCUT2D eigenvalue weighted by atomic mass is 9.85. The number of amides is 3. The van der Waals surface area contributed by atoms with Crippen LogP contribution in [0.2, 0.25) is 0 Å². The zero-order chi connectivity index (χ0) is 18.0. The van der Waals surface area contributed by atoms with Gasteiger partial charge >= 0.3 is 6.03 Å². The molecule has 2 saturated heterocycles. The first kappa shape index (κ1) is 17.9. The van der Waals surface area contributed by atoms with Crippen molar-refractivity contribution < 1.29 is 14.3 Å². The fraction of sp³-hybridized carbons (Fsp3) is 0.579. The minimum absolute atomic E-state index is 0.0529. The van der Waals surface area contributed by atoms with Crippen molar-refractivity contribution in [1.29, 1.82) is 0 Å². The third kappa shape index (κ3) is 3.16. The van der Waals surface area contributed by atoms with E-state index in [2.05, 4.69) is 11.8 Å². The number of rotatable bonds is 5. The quantitative estimate of drug-likeness (QED) is 0.766. The zero-order valence-electron chi connectivity index (χ0n) is 15.3. The molecule has 0 saturated carbocycles. The standard InChI is InChI=1S/C19H27N3O3/c1-15(14-25-3)21-11-9-19(10-12-21)17(23)22(18(24)20(19)2)13-16-7-5-4-6-8-16/h4-8,15H,9-14H2,1-3H3/t15-/m0/s1. The molecule has 0 aromatic heterocycles. The topological polar surface area (TPSA) is 53.1 Å². The Kier molecular flexibility index (Phi) is 5.11. The van der Waals surface area contributed by atoms with Crippen molar-refractivity contribution in [1.82, 2.24) is 14.7 Å². The van der Waals surface area contributed by atoms with Gasteiger partial charge in [0.2, 0.25) is 0 Å². The van der Waals surface area contributed by atoms with Crippen molar-refractivity contribution in [2.45, 2.75) is 37.9 Å². The van der Waals surface area contributed by atoms with Crippen LogP contribution in [0.5, 0.6) is 0 Å². The van der Waals surface area contributed by atoms with Gasteiger partial charge in [0.05, 0.1) is 13.2 Å². The number of hydrogen-bond acceptors (Lipinski definition) is 4. The zero-order valence-corrected chi connectivity index (χ0v) is 15.3. The third-order valence-electron chi connectivity index (χ3n) is 5.64. The molecule has 0 radical (unpaired) electrons. The van der Waals surface area contributed by atoms with Gasteiger partial charge in [-0.25, -0.2) is 4.79 Å². The van der Waals surface area contributed by atoms with Crippen LogP contribution in [0.1, 0.15) is 25.3 Å². The summed E-state index contributed by atoms with van der Waals surface area (Å²) in [5.41, 5.74) is 0.288. The largest absolute Gasteiger partial charge is 0.383 e. The molecule has 1 aromatic carbocycles. The second kappa shape index (κ2) is 7.14. The van der Waals surface area contributed by atoms with E-state index in [0.717, 1.165) is 18.7 Å². The Hall–Kier alpha value is -1.92. The van der Waals surface area contributed by atoms with Crippen LogP contribution in [0.3, 0.4) is 0 Å². The number of urea groups is 1. The molecule has 3 amide bonds. The summed E-state index contributed by atoms with van der Waals surface area (Å²) in [5.74, 6) is -0.0529. The molecule has 0 unspecified atom stereocenters. The van der Waals surface area contributed by atoms with Crippen molar-refractivity contribution in [3.05, 3.63) is 35.9 Å². The van der Waals surface area contributed by atoms with Gasteiger partial charge in [0.15, 0.2) is 0 Å². The van der Waals surface area contributed by atoms with Crippen LogP contribution < -0.4 is 0 Å². The molecule has 6 heteroatoms. The fourth-order valence-corrected chi connectivity index (χ4v) is 3.98. The Morgan fingerprint density at radius 1 is 1.16 bits per heavy atom. The normalized spacial score (nSPS) is 22.0. The SMILES string of the molecule is COC[C@H](C)N1CCC2(CC1)C(=O)N(Cc1ccccc1)C(=O)N2C.